The number of hydroxylamine groups is 1. The molecule has 0 unspecified atom stereocenters. The predicted molar refractivity (Wildman–Crippen MR) is 109 cm³/mol. The van der Waals surface area contributed by atoms with Gasteiger partial charge in [-0.2, -0.15) is 0 Å². The van der Waals surface area contributed by atoms with Crippen LogP contribution in [0.25, 0.3) is 16.5 Å². The average Bonchev–Trinajstić information content (AvgIpc) is 3.14. The second kappa shape index (κ2) is 6.93. The van der Waals surface area contributed by atoms with E-state index < -0.39 is 0 Å². The lowest BCUT2D eigenvalue weighted by atomic mass is 9.80. The van der Waals surface area contributed by atoms with Gasteiger partial charge in [-0.3, -0.25) is 14.5 Å². The molecule has 0 saturated heterocycles. The number of nitrogens with zero attached hydrogens (tertiary/aromatic N) is 1. The lowest BCUT2D eigenvalue weighted by Gasteiger charge is -2.39. The van der Waals surface area contributed by atoms with E-state index in [2.05, 4.69) is 52.9 Å². The molecule has 1 aromatic heterocycles. The first kappa shape index (κ1) is 17.2. The van der Waals surface area contributed by atoms with E-state index in [1.807, 2.05) is 30.3 Å². The number of carbonyl (C=O) groups excluding carboxylic acids is 1. The number of rotatable bonds is 4. The highest BCUT2D eigenvalue weighted by Crippen LogP contribution is 2.40. The number of hydrogen-bond donors (Lipinski definition) is 2. The maximum atomic E-state index is 12.7. The maximum Gasteiger partial charge on any atom is 0.251 e. The van der Waals surface area contributed by atoms with Gasteiger partial charge in [0.2, 0.25) is 0 Å². The van der Waals surface area contributed by atoms with Crippen LogP contribution in [0.2, 0.25) is 0 Å². The van der Waals surface area contributed by atoms with Gasteiger partial charge in [-0.25, -0.2) is 5.48 Å². The minimum Gasteiger partial charge on any atom is -0.361 e. The summed E-state index contributed by atoms with van der Waals surface area (Å²) in [5.41, 5.74) is 8.66. The molecule has 0 fully saturated rings. The molecular weight excluding hydrogens is 350 g/mol. The first-order chi connectivity index (χ1) is 13.7. The van der Waals surface area contributed by atoms with Crippen LogP contribution in [0.3, 0.4) is 0 Å². The van der Waals surface area contributed by atoms with Gasteiger partial charge in [0.25, 0.3) is 5.91 Å². The Morgan fingerprint density at radius 3 is 2.93 bits per heavy atom. The van der Waals surface area contributed by atoms with Crippen LogP contribution >= 0.6 is 0 Å². The monoisotopic (exact) mass is 373 g/mol. The number of aromatic nitrogens is 1. The Labute approximate surface area is 164 Å². The standard InChI is InChI=1S/C23H23N3O2/c1-26-13-17(23(27)25-28-14-15-6-3-2-4-7-15)10-19-18-8-5-9-20-22(18)16(12-24-20)11-21(19)26/h2-10,12,17,21,24H,11,13-14H2,1H3,(H,25,27)/t17-,21-/m1/s1. The Morgan fingerprint density at radius 1 is 1.21 bits per heavy atom. The highest BCUT2D eigenvalue weighted by atomic mass is 16.6. The van der Waals surface area contributed by atoms with Gasteiger partial charge >= 0.3 is 0 Å². The number of carbonyl (C=O) groups is 1. The fourth-order valence-corrected chi connectivity index (χ4v) is 4.46. The number of fused-ring (bicyclic) bond motifs is 2. The molecule has 0 radical (unpaired) electrons. The third-order valence-electron chi connectivity index (χ3n) is 5.86. The maximum absolute atomic E-state index is 12.7. The van der Waals surface area contributed by atoms with Crippen LogP contribution in [0.15, 0.2) is 60.8 Å². The van der Waals surface area contributed by atoms with Gasteiger partial charge in [-0.05, 0) is 41.8 Å². The number of benzene rings is 2. The molecule has 2 aliphatic rings. The van der Waals surface area contributed by atoms with Crippen molar-refractivity contribution in [3.8, 4) is 0 Å². The van der Waals surface area contributed by atoms with Crippen molar-refractivity contribution in [2.75, 3.05) is 13.6 Å². The molecule has 28 heavy (non-hydrogen) atoms. The second-order valence-corrected chi connectivity index (χ2v) is 7.67. The minimum absolute atomic E-state index is 0.0965. The first-order valence-electron chi connectivity index (χ1n) is 9.67. The number of likely N-dealkylation sites (N-methyl/N-ethyl adjacent to an activating group) is 1. The molecule has 2 aromatic carbocycles. The number of hydrogen-bond acceptors (Lipinski definition) is 3. The average molecular weight is 373 g/mol. The highest BCUT2D eigenvalue weighted by molar-refractivity contribution is 5.99. The summed E-state index contributed by atoms with van der Waals surface area (Å²) in [7, 11) is 2.10. The third kappa shape index (κ3) is 2.93. The summed E-state index contributed by atoms with van der Waals surface area (Å²) < 4.78 is 0. The lowest BCUT2D eigenvalue weighted by molar-refractivity contribution is -0.138. The molecule has 1 amide bonds. The number of amides is 1. The van der Waals surface area contributed by atoms with Gasteiger partial charge in [-0.1, -0.05) is 48.5 Å². The quantitative estimate of drug-likeness (QED) is 0.690. The van der Waals surface area contributed by atoms with E-state index in [-0.39, 0.29) is 11.8 Å². The molecule has 0 saturated carbocycles. The van der Waals surface area contributed by atoms with Crippen LogP contribution in [-0.4, -0.2) is 35.4 Å². The second-order valence-electron chi connectivity index (χ2n) is 7.67. The molecule has 142 valence electrons. The van der Waals surface area contributed by atoms with E-state index in [0.717, 1.165) is 17.5 Å². The van der Waals surface area contributed by atoms with Crippen molar-refractivity contribution in [2.24, 2.45) is 5.92 Å². The van der Waals surface area contributed by atoms with Gasteiger partial charge < -0.3 is 4.98 Å². The molecule has 1 aliphatic heterocycles. The molecular formula is C23H23N3O2. The van der Waals surface area contributed by atoms with Gasteiger partial charge in [-0.15, -0.1) is 0 Å². The van der Waals surface area contributed by atoms with Crippen LogP contribution in [-0.2, 0) is 22.7 Å². The van der Waals surface area contributed by atoms with Crippen LogP contribution in [0.1, 0.15) is 16.7 Å². The zero-order chi connectivity index (χ0) is 19.1. The molecule has 5 nitrogen and oxygen atoms in total. The third-order valence-corrected chi connectivity index (χ3v) is 5.86. The van der Waals surface area contributed by atoms with E-state index in [4.69, 9.17) is 4.84 Å². The lowest BCUT2D eigenvalue weighted by Crippen LogP contribution is -2.46. The molecule has 1 aliphatic carbocycles. The van der Waals surface area contributed by atoms with E-state index in [0.29, 0.717) is 19.2 Å². The summed E-state index contributed by atoms with van der Waals surface area (Å²) in [5, 5.41) is 1.29. The number of nitrogens with one attached hydrogen (secondary N) is 2. The van der Waals surface area contributed by atoms with Crippen molar-refractivity contribution < 1.29 is 9.63 Å². The van der Waals surface area contributed by atoms with E-state index >= 15 is 0 Å². The van der Waals surface area contributed by atoms with Crippen molar-refractivity contribution in [3.63, 3.8) is 0 Å². The minimum atomic E-state index is -0.234. The normalized spacial score (nSPS) is 21.2. The molecule has 0 spiro atoms. The van der Waals surface area contributed by atoms with Crippen molar-refractivity contribution >= 4 is 22.4 Å². The predicted octanol–water partition coefficient (Wildman–Crippen LogP) is 3.29. The Bertz CT molecular complexity index is 1050. The summed E-state index contributed by atoms with van der Waals surface area (Å²) in [4.78, 5) is 23.8. The van der Waals surface area contributed by atoms with E-state index in [1.54, 1.807) is 0 Å². The van der Waals surface area contributed by atoms with Gasteiger partial charge in [0.1, 0.15) is 0 Å². The first-order valence-corrected chi connectivity index (χ1v) is 9.67. The Morgan fingerprint density at radius 2 is 2.07 bits per heavy atom. The fraction of sp³-hybridized carbons (Fsp3) is 0.261. The molecule has 2 heterocycles. The number of aromatic amines is 1. The van der Waals surface area contributed by atoms with Crippen molar-refractivity contribution in [3.05, 3.63) is 77.5 Å². The van der Waals surface area contributed by atoms with Crippen molar-refractivity contribution in [1.82, 2.24) is 15.4 Å². The molecule has 5 heteroatoms. The Balaban J connectivity index is 1.37. The van der Waals surface area contributed by atoms with Gasteiger partial charge in [0.05, 0.1) is 12.5 Å². The summed E-state index contributed by atoms with van der Waals surface area (Å²) in [6.07, 6.45) is 5.23. The Kier molecular flexibility index (Phi) is 4.26. The van der Waals surface area contributed by atoms with Crippen LogP contribution in [0.4, 0.5) is 0 Å². The van der Waals surface area contributed by atoms with E-state index in [9.17, 15) is 4.79 Å². The van der Waals surface area contributed by atoms with Crippen molar-refractivity contribution in [1.29, 1.82) is 0 Å². The van der Waals surface area contributed by atoms with Crippen LogP contribution in [0, 0.1) is 5.92 Å². The summed E-state index contributed by atoms with van der Waals surface area (Å²) in [5.74, 6) is -0.330. The fourth-order valence-electron chi connectivity index (χ4n) is 4.46. The van der Waals surface area contributed by atoms with Gasteiger partial charge in [0, 0.05) is 29.7 Å². The topological polar surface area (TPSA) is 57.4 Å². The Hall–Kier alpha value is -2.89. The van der Waals surface area contributed by atoms with E-state index in [1.165, 1.54) is 22.1 Å². The molecule has 2 N–H and O–H groups in total. The summed E-state index contributed by atoms with van der Waals surface area (Å²) in [6, 6.07) is 16.5. The zero-order valence-corrected chi connectivity index (χ0v) is 15.8. The molecule has 5 rings (SSSR count). The smallest absolute Gasteiger partial charge is 0.251 e. The zero-order valence-electron chi connectivity index (χ0n) is 15.8. The van der Waals surface area contributed by atoms with Crippen LogP contribution < -0.4 is 5.48 Å². The summed E-state index contributed by atoms with van der Waals surface area (Å²) >= 11 is 0. The SMILES string of the molecule is CN1C[C@H](C(=O)NOCc2ccccc2)C=C2c3cccc4[nH]cc(c34)C[C@H]21. The molecule has 0 bridgehead atoms. The number of H-pyrrole nitrogens is 1. The molecule has 2 atom stereocenters. The van der Waals surface area contributed by atoms with Gasteiger partial charge in [0.15, 0.2) is 0 Å². The van der Waals surface area contributed by atoms with Crippen LogP contribution in [0.5, 0.6) is 0 Å². The molecule has 3 aromatic rings. The van der Waals surface area contributed by atoms with Crippen molar-refractivity contribution in [2.45, 2.75) is 19.1 Å². The summed E-state index contributed by atoms with van der Waals surface area (Å²) in [6.45, 7) is 1.05. The largest absolute Gasteiger partial charge is 0.361 e. The highest BCUT2D eigenvalue weighted by Gasteiger charge is 2.35.